The molecular formula is C48H53N3O14. The minimum Gasteiger partial charge on any atom is -0.497 e. The first-order valence-corrected chi connectivity index (χ1v) is 21.0. The molecule has 0 saturated carbocycles. The van der Waals surface area contributed by atoms with Crippen molar-refractivity contribution >= 4 is 50.6 Å². The number of rotatable bonds is 17. The number of aromatic nitrogens is 3. The Balaban J connectivity index is 1.53. The van der Waals surface area contributed by atoms with Crippen molar-refractivity contribution in [2.75, 3.05) is 41.2 Å². The topological polar surface area (TPSA) is 235 Å². The molecule has 0 fully saturated rings. The quantitative estimate of drug-likeness (QED) is 0.0752. The molecule has 17 heteroatoms. The van der Waals surface area contributed by atoms with Crippen molar-refractivity contribution in [2.24, 2.45) is 17.8 Å². The number of hydrogen-bond donors (Lipinski definition) is 4. The first-order valence-electron chi connectivity index (χ1n) is 21.0. The van der Waals surface area contributed by atoms with E-state index in [0.717, 1.165) is 6.20 Å². The van der Waals surface area contributed by atoms with Gasteiger partial charge in [-0.15, -0.1) is 0 Å². The number of carbonyl (C=O) groups excluding carboxylic acids is 1. The van der Waals surface area contributed by atoms with Crippen molar-refractivity contribution in [2.45, 2.75) is 59.7 Å². The molecule has 0 amide bonds. The predicted molar refractivity (Wildman–Crippen MR) is 243 cm³/mol. The lowest BCUT2D eigenvalue weighted by Crippen LogP contribution is -2.29. The van der Waals surface area contributed by atoms with Crippen LogP contribution in [0.3, 0.4) is 0 Å². The summed E-state index contributed by atoms with van der Waals surface area (Å²) in [6, 6.07) is 8.63. The van der Waals surface area contributed by atoms with Crippen molar-refractivity contribution in [1.29, 1.82) is 0 Å². The van der Waals surface area contributed by atoms with Crippen LogP contribution in [0.1, 0.15) is 90.7 Å². The molecule has 3 aromatic heterocycles. The summed E-state index contributed by atoms with van der Waals surface area (Å²) in [6.07, 6.45) is 3.71. The van der Waals surface area contributed by atoms with Gasteiger partial charge in [0.1, 0.15) is 40.5 Å². The van der Waals surface area contributed by atoms with E-state index in [-0.39, 0.29) is 93.0 Å². The highest BCUT2D eigenvalue weighted by molar-refractivity contribution is 5.99. The maximum Gasteiger partial charge on any atom is 0.343 e. The van der Waals surface area contributed by atoms with Crippen LogP contribution in [0.4, 0.5) is 0 Å². The Labute approximate surface area is 372 Å². The number of carbonyl (C=O) groups is 3. The van der Waals surface area contributed by atoms with Gasteiger partial charge in [-0.3, -0.25) is 14.4 Å². The first kappa shape index (κ1) is 47.5. The van der Waals surface area contributed by atoms with E-state index in [4.69, 9.17) is 18.9 Å². The van der Waals surface area contributed by atoms with E-state index >= 15 is 0 Å². The largest absolute Gasteiger partial charge is 0.497 e. The van der Waals surface area contributed by atoms with E-state index in [1.54, 1.807) is 30.5 Å². The Morgan fingerprint density at radius 2 is 0.938 bits per heavy atom. The number of methoxy groups -OCH3 is 3. The average Bonchev–Trinajstić information content (AvgIpc) is 3.27. The zero-order valence-corrected chi connectivity index (χ0v) is 37.6. The number of aromatic carboxylic acids is 2. The van der Waals surface area contributed by atoms with Gasteiger partial charge in [-0.2, -0.15) is 0 Å². The van der Waals surface area contributed by atoms with Gasteiger partial charge < -0.3 is 53.1 Å². The van der Waals surface area contributed by atoms with Gasteiger partial charge in [0.25, 0.3) is 0 Å². The Kier molecular flexibility index (Phi) is 13.9. The summed E-state index contributed by atoms with van der Waals surface area (Å²) in [4.78, 5) is 80.8. The summed E-state index contributed by atoms with van der Waals surface area (Å²) in [5, 5.41) is 41.1. The number of carboxylic acid groups (broad SMARTS) is 2. The molecule has 1 unspecified atom stereocenters. The highest BCUT2D eigenvalue weighted by Gasteiger charge is 2.29. The zero-order valence-electron chi connectivity index (χ0n) is 37.6. The number of carboxylic acids is 2. The Morgan fingerprint density at radius 3 is 1.32 bits per heavy atom. The SMILES string of the molecule is COc1ccc2c(=O)c(C(=O)OC[C@H](C(C)C)n3cc(C(=O)O)c(=O)c4cc(-c5cc6c(=O)c(C(=O)O)cn([C@H](CO)C(C)C)c6cc5OC)c(OC)cc43)cn(C(CO)C(C)C)c2c1. The molecule has 3 aromatic carbocycles. The molecule has 6 rings (SSSR count). The molecule has 0 spiro atoms. The highest BCUT2D eigenvalue weighted by atomic mass is 16.5. The van der Waals surface area contributed by atoms with Crippen molar-refractivity contribution < 1.29 is 53.8 Å². The van der Waals surface area contributed by atoms with E-state index in [1.807, 2.05) is 27.7 Å². The molecular weight excluding hydrogens is 843 g/mol. The van der Waals surface area contributed by atoms with Crippen LogP contribution in [-0.4, -0.2) is 93.2 Å². The Morgan fingerprint density at radius 1 is 0.538 bits per heavy atom. The number of esters is 1. The standard InChI is InChI=1S/C48H53N3O14/c1-23(2)38(20-52)49-17-32(46(57)58)44(55)30-13-28(41(63-8)15-36(30)49)29-14-31-37(16-42(29)64-9)51(18-33(45(31)56)47(59)60)40(25(5)6)22-65-48(61)34-19-50(39(21-53)24(3)4)35-12-26(62-7)10-11-27(35)43(34)54/h10-19,23-25,38-40,52-53H,20-22H2,1-9H3,(H,57,58)(H,59,60)/t38-,39?,40-/m1/s1. The van der Waals surface area contributed by atoms with Gasteiger partial charge in [0.2, 0.25) is 16.3 Å². The molecule has 0 radical (unpaired) electrons. The number of pyridine rings is 3. The maximum atomic E-state index is 14.1. The van der Waals surface area contributed by atoms with Gasteiger partial charge in [0.15, 0.2) is 0 Å². The number of aliphatic hydroxyl groups excluding tert-OH is 2. The number of ether oxygens (including phenoxy) is 4. The van der Waals surface area contributed by atoms with Gasteiger partial charge in [-0.1, -0.05) is 41.5 Å². The van der Waals surface area contributed by atoms with Crippen molar-refractivity contribution in [1.82, 2.24) is 13.7 Å². The van der Waals surface area contributed by atoms with E-state index < -0.39 is 63.4 Å². The van der Waals surface area contributed by atoms with Gasteiger partial charge in [0, 0.05) is 64.1 Å². The zero-order chi connectivity index (χ0) is 47.8. The maximum absolute atomic E-state index is 14.1. The summed E-state index contributed by atoms with van der Waals surface area (Å²) >= 11 is 0. The second-order valence-electron chi connectivity index (χ2n) is 16.9. The van der Waals surface area contributed by atoms with Crippen LogP contribution in [0.15, 0.2) is 75.4 Å². The molecule has 3 heterocycles. The van der Waals surface area contributed by atoms with Crippen LogP contribution in [0.25, 0.3) is 43.8 Å². The van der Waals surface area contributed by atoms with Gasteiger partial charge in [-0.25, -0.2) is 14.4 Å². The van der Waals surface area contributed by atoms with Gasteiger partial charge in [0.05, 0.1) is 69.2 Å². The summed E-state index contributed by atoms with van der Waals surface area (Å²) in [7, 11) is 4.22. The first-order chi connectivity index (χ1) is 30.8. The number of fused-ring (bicyclic) bond motifs is 3. The molecule has 4 N–H and O–H groups in total. The molecule has 6 aromatic rings. The van der Waals surface area contributed by atoms with E-state index in [1.165, 1.54) is 73.2 Å². The van der Waals surface area contributed by atoms with Crippen molar-refractivity contribution in [3.63, 3.8) is 0 Å². The molecule has 344 valence electrons. The fraction of sp³-hybridized carbons (Fsp3) is 0.375. The minimum absolute atomic E-state index is 0.0330. The number of hydrogen-bond acceptors (Lipinski definition) is 12. The average molecular weight is 896 g/mol. The molecule has 0 aliphatic rings. The number of nitrogens with zero attached hydrogens (tertiary/aromatic N) is 3. The minimum atomic E-state index is -1.53. The second kappa shape index (κ2) is 19.0. The van der Waals surface area contributed by atoms with Crippen LogP contribution in [0.5, 0.6) is 17.2 Å². The second-order valence-corrected chi connectivity index (χ2v) is 16.9. The summed E-state index contributed by atoms with van der Waals surface area (Å²) in [5.74, 6) is -3.86. The van der Waals surface area contributed by atoms with Crippen LogP contribution < -0.4 is 30.5 Å². The van der Waals surface area contributed by atoms with Crippen molar-refractivity contribution in [3.05, 3.63) is 108 Å². The third-order valence-electron chi connectivity index (χ3n) is 12.1. The Hall–Kier alpha value is -6.98. The summed E-state index contributed by atoms with van der Waals surface area (Å²) < 4.78 is 27.6. The fourth-order valence-corrected chi connectivity index (χ4v) is 8.31. The third kappa shape index (κ3) is 8.68. The molecule has 0 bridgehead atoms. The van der Waals surface area contributed by atoms with Crippen LogP contribution in [0.2, 0.25) is 0 Å². The van der Waals surface area contributed by atoms with E-state index in [9.17, 15) is 49.2 Å². The fourth-order valence-electron chi connectivity index (χ4n) is 8.31. The van der Waals surface area contributed by atoms with Gasteiger partial charge in [-0.05, 0) is 42.0 Å². The lowest BCUT2D eigenvalue weighted by Gasteiger charge is -2.27. The van der Waals surface area contributed by atoms with Gasteiger partial charge >= 0.3 is 17.9 Å². The predicted octanol–water partition coefficient (Wildman–Crippen LogP) is 6.15. The van der Waals surface area contributed by atoms with Crippen LogP contribution >= 0.6 is 0 Å². The molecule has 17 nitrogen and oxygen atoms in total. The molecule has 65 heavy (non-hydrogen) atoms. The lowest BCUT2D eigenvalue weighted by atomic mass is 9.96. The molecule has 0 aliphatic heterocycles. The Bertz CT molecular complexity index is 3030. The summed E-state index contributed by atoms with van der Waals surface area (Å²) in [5.41, 5.74) is -2.42. The number of aliphatic hydroxyl groups is 2. The van der Waals surface area contributed by atoms with Crippen molar-refractivity contribution in [3.8, 4) is 28.4 Å². The lowest BCUT2D eigenvalue weighted by molar-refractivity contribution is 0.0413. The third-order valence-corrected chi connectivity index (χ3v) is 12.1. The van der Waals surface area contributed by atoms with E-state index in [0.29, 0.717) is 11.3 Å². The highest BCUT2D eigenvalue weighted by Crippen LogP contribution is 2.42. The molecule has 0 aliphatic carbocycles. The molecule has 0 saturated heterocycles. The number of benzene rings is 3. The molecule has 3 atom stereocenters. The summed E-state index contributed by atoms with van der Waals surface area (Å²) in [6.45, 7) is 10.0. The van der Waals surface area contributed by atoms with Crippen LogP contribution in [0, 0.1) is 17.8 Å². The van der Waals surface area contributed by atoms with Crippen LogP contribution in [-0.2, 0) is 4.74 Å². The smallest absolute Gasteiger partial charge is 0.343 e. The monoisotopic (exact) mass is 895 g/mol. The normalized spacial score (nSPS) is 13.1. The van der Waals surface area contributed by atoms with E-state index in [2.05, 4.69) is 0 Å².